The lowest BCUT2D eigenvalue weighted by Crippen LogP contribution is -1.94. The summed E-state index contributed by atoms with van der Waals surface area (Å²) in [4.78, 5) is 8.54. The van der Waals surface area contributed by atoms with Crippen molar-refractivity contribution in [2.45, 2.75) is 58.3 Å². The van der Waals surface area contributed by atoms with E-state index in [1.165, 1.54) is 56.9 Å². The lowest BCUT2D eigenvalue weighted by Gasteiger charge is -2.08. The molecule has 0 fully saturated rings. The molecule has 2 heteroatoms. The molecule has 1 rings (SSSR count). The van der Waals surface area contributed by atoms with E-state index in [0.717, 1.165) is 13.1 Å². The van der Waals surface area contributed by atoms with Crippen LogP contribution < -0.4 is 0 Å². The molecule has 0 spiro atoms. The maximum absolute atomic E-state index is 4.42. The van der Waals surface area contributed by atoms with E-state index in [2.05, 4.69) is 16.1 Å². The Kier molecular flexibility index (Phi) is 8.53. The second-order valence-corrected chi connectivity index (χ2v) is 4.66. The Labute approximate surface area is 106 Å². The Morgan fingerprint density at radius 1 is 1.00 bits per heavy atom. The number of hydrogen-bond acceptors (Lipinski definition) is 2. The fourth-order valence-corrected chi connectivity index (χ4v) is 2.13. The van der Waals surface area contributed by atoms with Crippen LogP contribution in [0, 0.1) is 0 Å². The van der Waals surface area contributed by atoms with Crippen LogP contribution in [0.2, 0.25) is 0 Å². The molecule has 0 saturated heterocycles. The molecule has 0 atom stereocenters. The second-order valence-electron chi connectivity index (χ2n) is 4.66. The van der Waals surface area contributed by atoms with Crippen LogP contribution in [0.5, 0.6) is 0 Å². The van der Waals surface area contributed by atoms with Crippen LogP contribution in [-0.4, -0.2) is 25.5 Å². The summed E-state index contributed by atoms with van der Waals surface area (Å²) in [6.45, 7) is 3.75. The number of rotatable bonds is 4. The lowest BCUT2D eigenvalue weighted by molar-refractivity contribution is 0.583. The van der Waals surface area contributed by atoms with Gasteiger partial charge in [0.15, 0.2) is 0 Å². The van der Waals surface area contributed by atoms with Crippen molar-refractivity contribution in [3.05, 3.63) is 11.6 Å². The Hall–Kier alpha value is -0.920. The highest BCUT2D eigenvalue weighted by Gasteiger charge is 1.99. The molecule has 0 saturated carbocycles. The van der Waals surface area contributed by atoms with Crippen LogP contribution in [0.1, 0.15) is 58.3 Å². The van der Waals surface area contributed by atoms with Gasteiger partial charge in [-0.2, -0.15) is 0 Å². The largest absolute Gasteiger partial charge is 0.292 e. The van der Waals surface area contributed by atoms with Gasteiger partial charge < -0.3 is 0 Å². The Morgan fingerprint density at radius 2 is 1.71 bits per heavy atom. The molecule has 0 bridgehead atoms. The summed E-state index contributed by atoms with van der Waals surface area (Å²) >= 11 is 0. The van der Waals surface area contributed by atoms with Gasteiger partial charge >= 0.3 is 0 Å². The van der Waals surface area contributed by atoms with Gasteiger partial charge in [0.05, 0.1) is 6.54 Å². The first-order valence-corrected chi connectivity index (χ1v) is 7.09. The van der Waals surface area contributed by atoms with E-state index in [1.54, 1.807) is 6.21 Å². The van der Waals surface area contributed by atoms with Crippen molar-refractivity contribution < 1.29 is 0 Å². The minimum absolute atomic E-state index is 0.842. The van der Waals surface area contributed by atoms with Crippen molar-refractivity contribution in [2.24, 2.45) is 9.98 Å². The number of hydrogen-bond donors (Lipinski definition) is 0. The van der Waals surface area contributed by atoms with Gasteiger partial charge in [-0.15, -0.1) is 0 Å². The highest BCUT2D eigenvalue weighted by molar-refractivity contribution is 6.16. The molecule has 0 heterocycles. The summed E-state index contributed by atoms with van der Waals surface area (Å²) in [5, 5.41) is 0. The highest BCUT2D eigenvalue weighted by atomic mass is 14.7. The summed E-state index contributed by atoms with van der Waals surface area (Å²) in [6.07, 6.45) is 16.9. The topological polar surface area (TPSA) is 24.7 Å². The van der Waals surface area contributed by atoms with Crippen LogP contribution in [0.3, 0.4) is 0 Å². The van der Waals surface area contributed by atoms with Crippen molar-refractivity contribution >= 4 is 12.4 Å². The first kappa shape index (κ1) is 14.1. The van der Waals surface area contributed by atoms with E-state index >= 15 is 0 Å². The quantitative estimate of drug-likeness (QED) is 0.514. The fourth-order valence-electron chi connectivity index (χ4n) is 2.13. The fraction of sp³-hybridized carbons (Fsp3) is 0.733. The molecule has 1 aliphatic carbocycles. The van der Waals surface area contributed by atoms with E-state index in [4.69, 9.17) is 0 Å². The average molecular weight is 234 g/mol. The third kappa shape index (κ3) is 7.89. The zero-order valence-corrected chi connectivity index (χ0v) is 11.2. The van der Waals surface area contributed by atoms with E-state index in [9.17, 15) is 0 Å². The molecule has 0 aromatic rings. The van der Waals surface area contributed by atoms with Crippen molar-refractivity contribution in [1.29, 1.82) is 0 Å². The van der Waals surface area contributed by atoms with Crippen molar-refractivity contribution in [3.8, 4) is 0 Å². The van der Waals surface area contributed by atoms with Gasteiger partial charge in [-0.05, 0) is 32.6 Å². The molecule has 0 unspecified atom stereocenters. The predicted molar refractivity (Wildman–Crippen MR) is 77.4 cm³/mol. The van der Waals surface area contributed by atoms with Gasteiger partial charge in [0.1, 0.15) is 0 Å². The summed E-state index contributed by atoms with van der Waals surface area (Å²) in [5.74, 6) is 0. The van der Waals surface area contributed by atoms with E-state index in [-0.39, 0.29) is 0 Å². The number of nitrogens with zero attached hydrogens (tertiary/aromatic N) is 2. The van der Waals surface area contributed by atoms with Gasteiger partial charge in [0.2, 0.25) is 0 Å². The van der Waals surface area contributed by atoms with Gasteiger partial charge in [0, 0.05) is 19.0 Å². The zero-order valence-electron chi connectivity index (χ0n) is 11.2. The number of allylic oxidation sites excluding steroid dienone is 1. The van der Waals surface area contributed by atoms with Gasteiger partial charge in [-0.3, -0.25) is 9.98 Å². The standard InChI is InChI=1S/C15H26N2/c1-2-16-12-13-17-14-15-10-8-6-4-3-5-7-9-11-15/h10,12-13H,2-9,11,14H2,1H3/b15-10+,16-12-,17-13-. The minimum atomic E-state index is 0.842. The summed E-state index contributed by atoms with van der Waals surface area (Å²) < 4.78 is 0. The Balaban J connectivity index is 2.33. The molecule has 2 nitrogen and oxygen atoms in total. The maximum Gasteiger partial charge on any atom is 0.0600 e. The predicted octanol–water partition coefficient (Wildman–Crippen LogP) is 4.21. The third-order valence-electron chi connectivity index (χ3n) is 3.14. The SMILES string of the molecule is CC/N=C\C=N/C/C1=C/CCCCCCCC1. The van der Waals surface area contributed by atoms with Gasteiger partial charge in [-0.1, -0.05) is 37.3 Å². The van der Waals surface area contributed by atoms with Gasteiger partial charge in [-0.25, -0.2) is 0 Å². The third-order valence-corrected chi connectivity index (χ3v) is 3.14. The van der Waals surface area contributed by atoms with Crippen LogP contribution in [0.4, 0.5) is 0 Å². The minimum Gasteiger partial charge on any atom is -0.292 e. The molecule has 1 aliphatic rings. The molecular weight excluding hydrogens is 208 g/mol. The smallest absolute Gasteiger partial charge is 0.0600 e. The summed E-state index contributed by atoms with van der Waals surface area (Å²) in [6, 6.07) is 0. The van der Waals surface area contributed by atoms with Crippen molar-refractivity contribution in [3.63, 3.8) is 0 Å². The van der Waals surface area contributed by atoms with Crippen LogP contribution in [0.25, 0.3) is 0 Å². The van der Waals surface area contributed by atoms with Crippen LogP contribution in [0.15, 0.2) is 21.6 Å². The monoisotopic (exact) mass is 234 g/mol. The Bertz CT molecular complexity index is 264. The first-order chi connectivity index (χ1) is 8.43. The van der Waals surface area contributed by atoms with Crippen molar-refractivity contribution in [2.75, 3.05) is 13.1 Å². The molecule has 0 aromatic carbocycles. The first-order valence-electron chi connectivity index (χ1n) is 7.09. The molecule has 0 radical (unpaired) electrons. The lowest BCUT2D eigenvalue weighted by atomic mass is 10.0. The second kappa shape index (κ2) is 10.2. The molecule has 0 amide bonds. The Morgan fingerprint density at radius 3 is 2.53 bits per heavy atom. The molecular formula is C15H26N2. The van der Waals surface area contributed by atoms with Gasteiger partial charge in [0.25, 0.3) is 0 Å². The highest BCUT2D eigenvalue weighted by Crippen LogP contribution is 2.16. The van der Waals surface area contributed by atoms with Crippen LogP contribution >= 0.6 is 0 Å². The number of aliphatic imine (C=N–C) groups is 2. The zero-order chi connectivity index (χ0) is 12.2. The van der Waals surface area contributed by atoms with E-state index in [1.807, 2.05) is 13.1 Å². The maximum atomic E-state index is 4.42. The molecule has 0 aromatic heterocycles. The van der Waals surface area contributed by atoms with E-state index in [0.29, 0.717) is 0 Å². The van der Waals surface area contributed by atoms with Crippen molar-refractivity contribution in [1.82, 2.24) is 0 Å². The van der Waals surface area contributed by atoms with Crippen LogP contribution in [-0.2, 0) is 0 Å². The molecule has 0 N–H and O–H groups in total. The van der Waals surface area contributed by atoms with E-state index < -0.39 is 0 Å². The molecule has 96 valence electrons. The summed E-state index contributed by atoms with van der Waals surface area (Å²) in [7, 11) is 0. The molecule has 0 aliphatic heterocycles. The normalized spacial score (nSPS) is 22.8. The molecule has 17 heavy (non-hydrogen) atoms. The summed E-state index contributed by atoms with van der Waals surface area (Å²) in [5.41, 5.74) is 1.52. The average Bonchev–Trinajstić information content (AvgIpc) is 2.36.